The summed E-state index contributed by atoms with van der Waals surface area (Å²) in [5.41, 5.74) is 7.79. The van der Waals surface area contributed by atoms with Gasteiger partial charge < -0.3 is 10.6 Å². The summed E-state index contributed by atoms with van der Waals surface area (Å²) in [7, 11) is 2.11. The van der Waals surface area contributed by atoms with E-state index in [1.165, 1.54) is 25.7 Å². The van der Waals surface area contributed by atoms with Crippen molar-refractivity contribution in [3.63, 3.8) is 0 Å². The Bertz CT molecular complexity index is 325. The Morgan fingerprint density at radius 1 is 1.41 bits per heavy atom. The van der Waals surface area contributed by atoms with E-state index in [1.807, 2.05) is 6.07 Å². The average molecular weight is 235 g/mol. The molecule has 3 heteroatoms. The van der Waals surface area contributed by atoms with Gasteiger partial charge in [-0.1, -0.05) is 33.1 Å². The van der Waals surface area contributed by atoms with E-state index in [2.05, 4.69) is 30.8 Å². The second-order valence-electron chi connectivity index (χ2n) is 4.73. The van der Waals surface area contributed by atoms with Crippen molar-refractivity contribution in [2.75, 3.05) is 24.2 Å². The molecular weight excluding hydrogens is 210 g/mol. The van der Waals surface area contributed by atoms with Crippen LogP contribution in [-0.4, -0.2) is 18.6 Å². The molecule has 1 rings (SSSR count). The predicted octanol–water partition coefficient (Wildman–Crippen LogP) is 3.32. The molecule has 3 nitrogen and oxygen atoms in total. The number of nitrogens with two attached hydrogens (primary N) is 1. The van der Waals surface area contributed by atoms with Gasteiger partial charge in [0.25, 0.3) is 0 Å². The first-order valence-corrected chi connectivity index (χ1v) is 6.59. The van der Waals surface area contributed by atoms with E-state index in [-0.39, 0.29) is 0 Å². The molecule has 0 saturated carbocycles. The van der Waals surface area contributed by atoms with Crippen LogP contribution in [0.3, 0.4) is 0 Å². The van der Waals surface area contributed by atoms with E-state index < -0.39 is 0 Å². The molecule has 1 aromatic rings. The van der Waals surface area contributed by atoms with Crippen molar-refractivity contribution < 1.29 is 0 Å². The molecule has 1 aromatic heterocycles. The van der Waals surface area contributed by atoms with Crippen LogP contribution in [0.4, 0.5) is 11.4 Å². The van der Waals surface area contributed by atoms with Crippen molar-refractivity contribution in [3.05, 3.63) is 18.5 Å². The van der Waals surface area contributed by atoms with Crippen LogP contribution < -0.4 is 10.6 Å². The molecule has 0 aromatic carbocycles. The first-order valence-electron chi connectivity index (χ1n) is 6.59. The lowest BCUT2D eigenvalue weighted by Crippen LogP contribution is -2.26. The molecule has 96 valence electrons. The summed E-state index contributed by atoms with van der Waals surface area (Å²) in [6, 6.07) is 1.99. The van der Waals surface area contributed by atoms with Gasteiger partial charge >= 0.3 is 0 Å². The molecule has 0 bridgehead atoms. The highest BCUT2D eigenvalue weighted by Crippen LogP contribution is 2.23. The standard InChI is InChI=1S/C14H25N3/c1-4-6-7-12(5-2)11-17(3)14-8-9-16-10-13(14)15/h8-10,12H,4-7,11,15H2,1-3H3. The quantitative estimate of drug-likeness (QED) is 0.788. The minimum Gasteiger partial charge on any atom is -0.396 e. The fourth-order valence-corrected chi connectivity index (χ4v) is 2.15. The zero-order chi connectivity index (χ0) is 12.7. The van der Waals surface area contributed by atoms with Gasteiger partial charge in [-0.05, 0) is 18.4 Å². The van der Waals surface area contributed by atoms with Crippen LogP contribution in [0.2, 0.25) is 0 Å². The first kappa shape index (κ1) is 13.8. The Morgan fingerprint density at radius 2 is 2.18 bits per heavy atom. The van der Waals surface area contributed by atoms with E-state index in [0.717, 1.165) is 23.8 Å². The number of anilines is 2. The molecule has 0 fully saturated rings. The van der Waals surface area contributed by atoms with Gasteiger partial charge in [0.05, 0.1) is 17.6 Å². The van der Waals surface area contributed by atoms with Gasteiger partial charge in [0, 0.05) is 19.8 Å². The summed E-state index contributed by atoms with van der Waals surface area (Å²) in [5, 5.41) is 0. The minimum atomic E-state index is 0.757. The molecule has 1 heterocycles. The number of rotatable bonds is 7. The molecule has 0 amide bonds. The summed E-state index contributed by atoms with van der Waals surface area (Å²) >= 11 is 0. The smallest absolute Gasteiger partial charge is 0.0738 e. The van der Waals surface area contributed by atoms with Gasteiger partial charge in [-0.25, -0.2) is 0 Å². The molecule has 0 radical (unpaired) electrons. The van der Waals surface area contributed by atoms with Gasteiger partial charge in [-0.2, -0.15) is 0 Å². The molecule has 1 unspecified atom stereocenters. The fourth-order valence-electron chi connectivity index (χ4n) is 2.15. The number of hydrogen-bond donors (Lipinski definition) is 1. The lowest BCUT2D eigenvalue weighted by molar-refractivity contribution is 0.454. The van der Waals surface area contributed by atoms with E-state index in [9.17, 15) is 0 Å². The Hall–Kier alpha value is -1.25. The summed E-state index contributed by atoms with van der Waals surface area (Å²) in [6.07, 6.45) is 8.65. The topological polar surface area (TPSA) is 42.2 Å². The normalized spacial score (nSPS) is 12.4. The molecule has 1 atom stereocenters. The Morgan fingerprint density at radius 3 is 2.76 bits per heavy atom. The van der Waals surface area contributed by atoms with E-state index in [1.54, 1.807) is 12.4 Å². The zero-order valence-corrected chi connectivity index (χ0v) is 11.3. The van der Waals surface area contributed by atoms with E-state index in [4.69, 9.17) is 5.73 Å². The number of pyridine rings is 1. The number of unbranched alkanes of at least 4 members (excludes halogenated alkanes) is 1. The van der Waals surface area contributed by atoms with Crippen LogP contribution in [0.5, 0.6) is 0 Å². The molecule has 0 spiro atoms. The number of aromatic nitrogens is 1. The maximum Gasteiger partial charge on any atom is 0.0738 e. The summed E-state index contributed by atoms with van der Waals surface area (Å²) in [6.45, 7) is 5.59. The van der Waals surface area contributed by atoms with Crippen molar-refractivity contribution in [1.82, 2.24) is 4.98 Å². The lowest BCUT2D eigenvalue weighted by atomic mass is 9.98. The van der Waals surface area contributed by atoms with Gasteiger partial charge in [0.2, 0.25) is 0 Å². The monoisotopic (exact) mass is 235 g/mol. The first-order chi connectivity index (χ1) is 8.19. The van der Waals surface area contributed by atoms with Gasteiger partial charge in [0.15, 0.2) is 0 Å². The Labute approximate surface area is 105 Å². The largest absolute Gasteiger partial charge is 0.396 e. The van der Waals surface area contributed by atoms with Crippen molar-refractivity contribution in [2.24, 2.45) is 5.92 Å². The fraction of sp³-hybridized carbons (Fsp3) is 0.643. The maximum absolute atomic E-state index is 5.93. The van der Waals surface area contributed by atoms with E-state index >= 15 is 0 Å². The molecule has 0 aliphatic carbocycles. The molecular formula is C14H25N3. The third-order valence-electron chi connectivity index (χ3n) is 3.31. The highest BCUT2D eigenvalue weighted by atomic mass is 15.1. The van der Waals surface area contributed by atoms with Crippen molar-refractivity contribution in [3.8, 4) is 0 Å². The van der Waals surface area contributed by atoms with Crippen LogP contribution in [0.15, 0.2) is 18.5 Å². The summed E-state index contributed by atoms with van der Waals surface area (Å²) in [4.78, 5) is 6.28. The zero-order valence-electron chi connectivity index (χ0n) is 11.3. The van der Waals surface area contributed by atoms with Crippen LogP contribution in [-0.2, 0) is 0 Å². The number of nitrogen functional groups attached to an aromatic ring is 1. The number of nitrogens with zero attached hydrogens (tertiary/aromatic N) is 2. The van der Waals surface area contributed by atoms with Gasteiger partial charge in [0.1, 0.15) is 0 Å². The lowest BCUT2D eigenvalue weighted by Gasteiger charge is -2.26. The predicted molar refractivity (Wildman–Crippen MR) is 75.2 cm³/mol. The minimum absolute atomic E-state index is 0.757. The van der Waals surface area contributed by atoms with Crippen LogP contribution in [0, 0.1) is 5.92 Å². The third kappa shape index (κ3) is 4.25. The summed E-state index contributed by atoms with van der Waals surface area (Å²) < 4.78 is 0. The highest BCUT2D eigenvalue weighted by molar-refractivity contribution is 5.65. The average Bonchev–Trinajstić information content (AvgIpc) is 2.34. The molecule has 2 N–H and O–H groups in total. The molecule has 0 aliphatic rings. The maximum atomic E-state index is 5.93. The van der Waals surface area contributed by atoms with Gasteiger partial charge in [-0.15, -0.1) is 0 Å². The molecule has 0 saturated heterocycles. The Balaban J connectivity index is 2.58. The second-order valence-corrected chi connectivity index (χ2v) is 4.73. The third-order valence-corrected chi connectivity index (χ3v) is 3.31. The van der Waals surface area contributed by atoms with Crippen LogP contribution >= 0.6 is 0 Å². The Kier molecular flexibility index (Phi) is 5.81. The molecule has 0 aliphatic heterocycles. The van der Waals surface area contributed by atoms with Crippen molar-refractivity contribution in [1.29, 1.82) is 0 Å². The highest BCUT2D eigenvalue weighted by Gasteiger charge is 2.11. The van der Waals surface area contributed by atoms with Crippen molar-refractivity contribution in [2.45, 2.75) is 39.5 Å². The molecule has 17 heavy (non-hydrogen) atoms. The van der Waals surface area contributed by atoms with Gasteiger partial charge in [-0.3, -0.25) is 4.98 Å². The van der Waals surface area contributed by atoms with E-state index in [0.29, 0.717) is 0 Å². The van der Waals surface area contributed by atoms with Crippen molar-refractivity contribution >= 4 is 11.4 Å². The summed E-state index contributed by atoms with van der Waals surface area (Å²) in [5.74, 6) is 0.757. The number of hydrogen-bond acceptors (Lipinski definition) is 3. The van der Waals surface area contributed by atoms with Crippen LogP contribution in [0.25, 0.3) is 0 Å². The van der Waals surface area contributed by atoms with Crippen LogP contribution in [0.1, 0.15) is 39.5 Å². The second kappa shape index (κ2) is 7.15. The SMILES string of the molecule is CCCCC(CC)CN(C)c1ccncc1N.